The molecule has 0 aliphatic heterocycles. The quantitative estimate of drug-likeness (QED) is 0.658. The van der Waals surface area contributed by atoms with Gasteiger partial charge >= 0.3 is 5.97 Å². The topological polar surface area (TPSA) is 78.3 Å². The highest BCUT2D eigenvalue weighted by molar-refractivity contribution is 7.14. The van der Waals surface area contributed by atoms with Crippen LogP contribution in [-0.2, 0) is 4.74 Å². The van der Waals surface area contributed by atoms with Gasteiger partial charge in [0.15, 0.2) is 0 Å². The maximum absolute atomic E-state index is 11.9. The molecule has 94 valence electrons. The van der Waals surface area contributed by atoms with Gasteiger partial charge in [-0.1, -0.05) is 12.1 Å². The van der Waals surface area contributed by atoms with Gasteiger partial charge in [-0.2, -0.15) is 0 Å². The molecular formula is C13H14N2O2S. The van der Waals surface area contributed by atoms with E-state index in [1.165, 1.54) is 11.3 Å². The monoisotopic (exact) mass is 262 g/mol. The first kappa shape index (κ1) is 12.4. The van der Waals surface area contributed by atoms with Crippen molar-refractivity contribution in [1.29, 1.82) is 0 Å². The molecule has 2 aromatic rings. The Hall–Kier alpha value is -2.01. The molecule has 1 heterocycles. The molecule has 1 aromatic carbocycles. The molecule has 0 aliphatic rings. The number of hydrogen-bond donors (Lipinski definition) is 2. The van der Waals surface area contributed by atoms with Crippen LogP contribution in [0.5, 0.6) is 0 Å². The van der Waals surface area contributed by atoms with E-state index in [2.05, 4.69) is 0 Å². The lowest BCUT2D eigenvalue weighted by Crippen LogP contribution is -2.07. The minimum absolute atomic E-state index is 0.324. The number of hydrogen-bond acceptors (Lipinski definition) is 5. The smallest absolute Gasteiger partial charge is 0.341 e. The fourth-order valence-corrected chi connectivity index (χ4v) is 2.52. The molecule has 4 nitrogen and oxygen atoms in total. The summed E-state index contributed by atoms with van der Waals surface area (Å²) in [6.07, 6.45) is 0. The zero-order valence-electron chi connectivity index (χ0n) is 9.97. The van der Waals surface area contributed by atoms with Crippen LogP contribution < -0.4 is 11.5 Å². The number of benzene rings is 1. The van der Waals surface area contributed by atoms with Crippen LogP contribution in [0, 0.1) is 0 Å². The molecule has 0 fully saturated rings. The number of anilines is 2. The first-order valence-corrected chi connectivity index (χ1v) is 6.41. The van der Waals surface area contributed by atoms with Crippen LogP contribution in [0.25, 0.3) is 11.1 Å². The molecule has 2 rings (SSSR count). The third kappa shape index (κ3) is 2.31. The van der Waals surface area contributed by atoms with Crippen LogP contribution in [0.2, 0.25) is 0 Å². The van der Waals surface area contributed by atoms with E-state index in [0.717, 1.165) is 11.1 Å². The zero-order valence-corrected chi connectivity index (χ0v) is 10.8. The van der Waals surface area contributed by atoms with Crippen LogP contribution in [0.4, 0.5) is 10.7 Å². The number of ether oxygens (including phenoxy) is 1. The second-order valence-electron chi connectivity index (χ2n) is 3.73. The summed E-state index contributed by atoms with van der Waals surface area (Å²) in [5.41, 5.74) is 14.3. The highest BCUT2D eigenvalue weighted by atomic mass is 32.1. The van der Waals surface area contributed by atoms with E-state index >= 15 is 0 Å². The second-order valence-corrected chi connectivity index (χ2v) is 4.65. The van der Waals surface area contributed by atoms with Gasteiger partial charge in [-0.05, 0) is 24.6 Å². The normalized spacial score (nSPS) is 10.3. The predicted octanol–water partition coefficient (Wildman–Crippen LogP) is 2.76. The number of carbonyl (C=O) groups is 1. The van der Waals surface area contributed by atoms with Crippen LogP contribution in [0.3, 0.4) is 0 Å². The van der Waals surface area contributed by atoms with E-state index in [9.17, 15) is 4.79 Å². The zero-order chi connectivity index (χ0) is 13.1. The molecule has 0 atom stereocenters. The van der Waals surface area contributed by atoms with Crippen molar-refractivity contribution < 1.29 is 9.53 Å². The van der Waals surface area contributed by atoms with Crippen molar-refractivity contribution in [2.24, 2.45) is 0 Å². The van der Waals surface area contributed by atoms with E-state index in [1.807, 2.05) is 23.6 Å². The fraction of sp³-hybridized carbons (Fsp3) is 0.154. The van der Waals surface area contributed by atoms with Gasteiger partial charge in [0.1, 0.15) is 10.6 Å². The molecule has 1 aromatic heterocycles. The largest absolute Gasteiger partial charge is 0.462 e. The first-order valence-electron chi connectivity index (χ1n) is 5.53. The Morgan fingerprint density at radius 3 is 2.83 bits per heavy atom. The van der Waals surface area contributed by atoms with Crippen molar-refractivity contribution in [2.45, 2.75) is 6.92 Å². The summed E-state index contributed by atoms with van der Waals surface area (Å²) < 4.78 is 5.02. The average Bonchev–Trinajstić information content (AvgIpc) is 2.71. The number of thiophene rings is 1. The Morgan fingerprint density at radius 1 is 1.39 bits per heavy atom. The third-order valence-corrected chi connectivity index (χ3v) is 3.31. The molecule has 4 N–H and O–H groups in total. The molecule has 0 bridgehead atoms. The Balaban J connectivity index is 2.49. The lowest BCUT2D eigenvalue weighted by Gasteiger charge is -2.06. The molecule has 0 radical (unpaired) electrons. The number of nitrogens with two attached hydrogens (primary N) is 2. The maximum Gasteiger partial charge on any atom is 0.341 e. The number of rotatable bonds is 3. The standard InChI is InChI=1S/C13H14N2O2S/c1-2-17-13(16)11-10(7-18-12(11)15)8-4-3-5-9(14)6-8/h3-7H,2,14-15H2,1H3. The van der Waals surface area contributed by atoms with Gasteiger partial charge in [-0.25, -0.2) is 4.79 Å². The maximum atomic E-state index is 11.9. The molecule has 18 heavy (non-hydrogen) atoms. The van der Waals surface area contributed by atoms with Crippen molar-refractivity contribution in [3.05, 3.63) is 35.2 Å². The van der Waals surface area contributed by atoms with Crippen molar-refractivity contribution in [3.63, 3.8) is 0 Å². The summed E-state index contributed by atoms with van der Waals surface area (Å²) in [4.78, 5) is 11.9. The molecule has 0 spiro atoms. The summed E-state index contributed by atoms with van der Waals surface area (Å²) in [5.74, 6) is -0.395. The second kappa shape index (κ2) is 5.10. The Morgan fingerprint density at radius 2 is 2.17 bits per heavy atom. The summed E-state index contributed by atoms with van der Waals surface area (Å²) >= 11 is 1.32. The highest BCUT2D eigenvalue weighted by Gasteiger charge is 2.19. The average molecular weight is 262 g/mol. The van der Waals surface area contributed by atoms with Gasteiger partial charge in [0.25, 0.3) is 0 Å². The summed E-state index contributed by atoms with van der Waals surface area (Å²) in [6, 6.07) is 7.33. The van der Waals surface area contributed by atoms with Crippen molar-refractivity contribution in [2.75, 3.05) is 18.1 Å². The number of esters is 1. The van der Waals surface area contributed by atoms with Gasteiger partial charge in [0.2, 0.25) is 0 Å². The third-order valence-electron chi connectivity index (χ3n) is 2.50. The number of carbonyl (C=O) groups excluding carboxylic acids is 1. The van der Waals surface area contributed by atoms with Crippen LogP contribution in [0.1, 0.15) is 17.3 Å². The Kier molecular flexibility index (Phi) is 3.53. The molecule has 0 amide bonds. The van der Waals surface area contributed by atoms with E-state index in [1.54, 1.807) is 13.0 Å². The van der Waals surface area contributed by atoms with Gasteiger partial charge in [-0.3, -0.25) is 0 Å². The van der Waals surface area contributed by atoms with Gasteiger partial charge in [0.05, 0.1) is 6.61 Å². The summed E-state index contributed by atoms with van der Waals surface area (Å²) in [5, 5.41) is 2.31. The van der Waals surface area contributed by atoms with Crippen molar-refractivity contribution >= 4 is 28.0 Å². The Labute approximate surface area is 109 Å². The molecular weight excluding hydrogens is 248 g/mol. The lowest BCUT2D eigenvalue weighted by molar-refractivity contribution is 0.0529. The van der Waals surface area contributed by atoms with E-state index < -0.39 is 5.97 Å². The summed E-state index contributed by atoms with van der Waals surface area (Å²) in [7, 11) is 0. The molecule has 0 aliphatic carbocycles. The molecule has 0 saturated heterocycles. The summed E-state index contributed by atoms with van der Waals surface area (Å²) in [6.45, 7) is 2.09. The minimum Gasteiger partial charge on any atom is -0.462 e. The predicted molar refractivity (Wildman–Crippen MR) is 74.5 cm³/mol. The van der Waals surface area contributed by atoms with Crippen molar-refractivity contribution in [3.8, 4) is 11.1 Å². The Bertz CT molecular complexity index is 578. The van der Waals surface area contributed by atoms with E-state index in [-0.39, 0.29) is 0 Å². The minimum atomic E-state index is -0.395. The molecule has 5 heteroatoms. The van der Waals surface area contributed by atoms with Crippen molar-refractivity contribution in [1.82, 2.24) is 0 Å². The molecule has 0 unspecified atom stereocenters. The SMILES string of the molecule is CCOC(=O)c1c(-c2cccc(N)c2)csc1N. The van der Waals surface area contributed by atoms with Crippen LogP contribution >= 0.6 is 11.3 Å². The lowest BCUT2D eigenvalue weighted by atomic mass is 10.0. The first-order chi connectivity index (χ1) is 8.63. The van der Waals surface area contributed by atoms with Crippen LogP contribution in [-0.4, -0.2) is 12.6 Å². The fourth-order valence-electron chi connectivity index (χ4n) is 1.71. The number of nitrogen functional groups attached to an aromatic ring is 2. The van der Waals surface area contributed by atoms with Crippen LogP contribution in [0.15, 0.2) is 29.6 Å². The highest BCUT2D eigenvalue weighted by Crippen LogP contribution is 2.34. The van der Waals surface area contributed by atoms with Gasteiger partial charge in [0, 0.05) is 16.6 Å². The molecule has 0 saturated carbocycles. The van der Waals surface area contributed by atoms with Gasteiger partial charge in [-0.15, -0.1) is 11.3 Å². The van der Waals surface area contributed by atoms with Gasteiger partial charge < -0.3 is 16.2 Å². The van der Waals surface area contributed by atoms with E-state index in [0.29, 0.717) is 22.9 Å². The van der Waals surface area contributed by atoms with E-state index in [4.69, 9.17) is 16.2 Å².